The van der Waals surface area contributed by atoms with E-state index in [-0.39, 0.29) is 12.6 Å². The Bertz CT molecular complexity index is 511. The molecule has 3 nitrogen and oxygen atoms in total. The minimum atomic E-state index is 0.113. The average molecular weight is 230 g/mol. The first kappa shape index (κ1) is 12.0. The third-order valence-electron chi connectivity index (χ3n) is 2.84. The van der Waals surface area contributed by atoms with Crippen molar-refractivity contribution in [3.05, 3.63) is 41.6 Å². The summed E-state index contributed by atoms with van der Waals surface area (Å²) in [7, 11) is 0. The van der Waals surface area contributed by atoms with Crippen LogP contribution in [-0.2, 0) is 6.54 Å². The molecule has 0 bridgehead atoms. The summed E-state index contributed by atoms with van der Waals surface area (Å²) in [6.07, 6.45) is 0. The lowest BCUT2D eigenvalue weighted by Gasteiger charge is -2.12. The first-order valence-electron chi connectivity index (χ1n) is 5.90. The van der Waals surface area contributed by atoms with Gasteiger partial charge in [-0.05, 0) is 31.5 Å². The van der Waals surface area contributed by atoms with Crippen molar-refractivity contribution in [3.8, 4) is 0 Å². The van der Waals surface area contributed by atoms with Gasteiger partial charge in [-0.25, -0.2) is 0 Å². The van der Waals surface area contributed by atoms with E-state index in [1.165, 1.54) is 10.9 Å². The summed E-state index contributed by atoms with van der Waals surface area (Å²) < 4.78 is 0. The molecule has 17 heavy (non-hydrogen) atoms. The molecule has 3 heteroatoms. The van der Waals surface area contributed by atoms with Gasteiger partial charge in [-0.3, -0.25) is 4.98 Å². The van der Waals surface area contributed by atoms with Crippen LogP contribution < -0.4 is 5.32 Å². The number of para-hydroxylation sites is 1. The fraction of sp³-hybridized carbons (Fsp3) is 0.357. The van der Waals surface area contributed by atoms with E-state index in [0.29, 0.717) is 0 Å². The van der Waals surface area contributed by atoms with Gasteiger partial charge in [-0.2, -0.15) is 0 Å². The summed E-state index contributed by atoms with van der Waals surface area (Å²) in [6.45, 7) is 4.88. The normalized spacial score (nSPS) is 12.9. The van der Waals surface area contributed by atoms with Crippen molar-refractivity contribution in [1.29, 1.82) is 0 Å². The van der Waals surface area contributed by atoms with Crippen LogP contribution in [0.1, 0.15) is 18.2 Å². The van der Waals surface area contributed by atoms with Gasteiger partial charge < -0.3 is 10.4 Å². The van der Waals surface area contributed by atoms with Crippen LogP contribution in [0.2, 0.25) is 0 Å². The molecule has 0 saturated carbocycles. The Labute approximate surface area is 102 Å². The number of aliphatic hydroxyl groups is 1. The van der Waals surface area contributed by atoms with Crippen LogP contribution in [0.5, 0.6) is 0 Å². The Morgan fingerprint density at radius 2 is 2.12 bits per heavy atom. The minimum absolute atomic E-state index is 0.113. The molecular weight excluding hydrogens is 212 g/mol. The molecule has 0 spiro atoms. The smallest absolute Gasteiger partial charge is 0.0708 e. The highest BCUT2D eigenvalue weighted by Crippen LogP contribution is 2.17. The van der Waals surface area contributed by atoms with Gasteiger partial charge in [-0.15, -0.1) is 0 Å². The Morgan fingerprint density at radius 3 is 2.88 bits per heavy atom. The standard InChI is InChI=1S/C14H18N2O/c1-10-7-12(8-15-11(2)9-17)13-5-3-4-6-14(13)16-10/h3-7,11,15,17H,8-9H2,1-2H3. The summed E-state index contributed by atoms with van der Waals surface area (Å²) in [5, 5.41) is 13.5. The Balaban J connectivity index is 2.32. The van der Waals surface area contributed by atoms with Crippen LogP contribution >= 0.6 is 0 Å². The maximum atomic E-state index is 9.01. The van der Waals surface area contributed by atoms with Gasteiger partial charge in [0.1, 0.15) is 0 Å². The second-order valence-corrected chi connectivity index (χ2v) is 4.40. The van der Waals surface area contributed by atoms with Crippen molar-refractivity contribution in [2.45, 2.75) is 26.4 Å². The average Bonchev–Trinajstić information content (AvgIpc) is 2.35. The van der Waals surface area contributed by atoms with E-state index in [4.69, 9.17) is 5.11 Å². The van der Waals surface area contributed by atoms with Crippen molar-refractivity contribution >= 4 is 10.9 Å². The van der Waals surface area contributed by atoms with Crippen molar-refractivity contribution in [3.63, 3.8) is 0 Å². The molecule has 0 amide bonds. The number of hydrogen-bond donors (Lipinski definition) is 2. The lowest BCUT2D eigenvalue weighted by Crippen LogP contribution is -2.28. The number of fused-ring (bicyclic) bond motifs is 1. The summed E-state index contributed by atoms with van der Waals surface area (Å²) in [5.74, 6) is 0. The van der Waals surface area contributed by atoms with E-state index in [2.05, 4.69) is 22.4 Å². The largest absolute Gasteiger partial charge is 0.395 e. The zero-order valence-corrected chi connectivity index (χ0v) is 10.3. The number of aliphatic hydroxyl groups excluding tert-OH is 1. The van der Waals surface area contributed by atoms with Crippen molar-refractivity contribution < 1.29 is 5.11 Å². The van der Waals surface area contributed by atoms with E-state index in [1.807, 2.05) is 32.0 Å². The summed E-state index contributed by atoms with van der Waals surface area (Å²) in [6, 6.07) is 10.4. The Hall–Kier alpha value is -1.45. The number of rotatable bonds is 4. The molecule has 0 aliphatic carbocycles. The van der Waals surface area contributed by atoms with Crippen LogP contribution in [0.25, 0.3) is 10.9 Å². The minimum Gasteiger partial charge on any atom is -0.395 e. The number of pyridine rings is 1. The summed E-state index contributed by atoms with van der Waals surface area (Å²) in [4.78, 5) is 4.51. The van der Waals surface area contributed by atoms with E-state index >= 15 is 0 Å². The quantitative estimate of drug-likeness (QED) is 0.844. The molecule has 90 valence electrons. The number of hydrogen-bond acceptors (Lipinski definition) is 3. The maximum absolute atomic E-state index is 9.01. The number of benzene rings is 1. The monoisotopic (exact) mass is 230 g/mol. The topological polar surface area (TPSA) is 45.1 Å². The van der Waals surface area contributed by atoms with Gasteiger partial charge in [0.25, 0.3) is 0 Å². The first-order valence-corrected chi connectivity index (χ1v) is 5.90. The Morgan fingerprint density at radius 1 is 1.35 bits per heavy atom. The molecule has 0 aliphatic rings. The summed E-state index contributed by atoms with van der Waals surface area (Å²) in [5.41, 5.74) is 3.28. The van der Waals surface area contributed by atoms with Gasteiger partial charge >= 0.3 is 0 Å². The molecule has 0 radical (unpaired) electrons. The van der Waals surface area contributed by atoms with Gasteiger partial charge in [-0.1, -0.05) is 18.2 Å². The van der Waals surface area contributed by atoms with Gasteiger partial charge in [0.2, 0.25) is 0 Å². The van der Waals surface area contributed by atoms with Gasteiger partial charge in [0.05, 0.1) is 12.1 Å². The molecule has 2 rings (SSSR count). The molecule has 1 aromatic heterocycles. The SMILES string of the molecule is Cc1cc(CNC(C)CO)c2ccccc2n1. The van der Waals surface area contributed by atoms with Crippen LogP contribution in [0, 0.1) is 6.92 Å². The molecule has 0 fully saturated rings. The van der Waals surface area contributed by atoms with Crippen LogP contribution in [0.15, 0.2) is 30.3 Å². The highest BCUT2D eigenvalue weighted by atomic mass is 16.3. The number of aromatic nitrogens is 1. The Kier molecular flexibility index (Phi) is 3.71. The zero-order chi connectivity index (χ0) is 12.3. The van der Waals surface area contributed by atoms with Crippen molar-refractivity contribution in [1.82, 2.24) is 10.3 Å². The van der Waals surface area contributed by atoms with Crippen molar-refractivity contribution in [2.24, 2.45) is 0 Å². The molecule has 1 aromatic carbocycles. The predicted molar refractivity (Wildman–Crippen MR) is 69.9 cm³/mol. The molecular formula is C14H18N2O. The first-order chi connectivity index (χ1) is 8.20. The molecule has 1 unspecified atom stereocenters. The second-order valence-electron chi connectivity index (χ2n) is 4.40. The number of nitrogens with zero attached hydrogens (tertiary/aromatic N) is 1. The lowest BCUT2D eigenvalue weighted by atomic mass is 10.1. The maximum Gasteiger partial charge on any atom is 0.0708 e. The number of nitrogens with one attached hydrogen (secondary N) is 1. The van der Waals surface area contributed by atoms with Crippen LogP contribution in [0.3, 0.4) is 0 Å². The fourth-order valence-corrected chi connectivity index (χ4v) is 1.89. The lowest BCUT2D eigenvalue weighted by molar-refractivity contribution is 0.251. The molecule has 1 atom stereocenters. The van der Waals surface area contributed by atoms with E-state index in [1.54, 1.807) is 0 Å². The fourth-order valence-electron chi connectivity index (χ4n) is 1.89. The molecule has 0 aliphatic heterocycles. The van der Waals surface area contributed by atoms with Crippen molar-refractivity contribution in [2.75, 3.05) is 6.61 Å². The number of aryl methyl sites for hydroxylation is 1. The van der Waals surface area contributed by atoms with Gasteiger partial charge in [0, 0.05) is 23.7 Å². The van der Waals surface area contributed by atoms with Crippen LogP contribution in [-0.4, -0.2) is 22.7 Å². The third-order valence-corrected chi connectivity index (χ3v) is 2.84. The third kappa shape index (κ3) is 2.81. The van der Waals surface area contributed by atoms with E-state index in [9.17, 15) is 0 Å². The molecule has 2 aromatic rings. The second kappa shape index (κ2) is 5.25. The molecule has 0 saturated heterocycles. The predicted octanol–water partition coefficient (Wildman–Crippen LogP) is 2.01. The van der Waals surface area contributed by atoms with E-state index < -0.39 is 0 Å². The highest BCUT2D eigenvalue weighted by Gasteiger charge is 2.05. The van der Waals surface area contributed by atoms with Gasteiger partial charge in [0.15, 0.2) is 0 Å². The highest BCUT2D eigenvalue weighted by molar-refractivity contribution is 5.82. The molecule has 2 N–H and O–H groups in total. The van der Waals surface area contributed by atoms with E-state index in [0.717, 1.165) is 17.8 Å². The molecule has 1 heterocycles. The zero-order valence-electron chi connectivity index (χ0n) is 10.3. The summed E-state index contributed by atoms with van der Waals surface area (Å²) >= 11 is 0. The van der Waals surface area contributed by atoms with Crippen LogP contribution in [0.4, 0.5) is 0 Å².